The van der Waals surface area contributed by atoms with Crippen molar-refractivity contribution in [2.24, 2.45) is 0 Å². The summed E-state index contributed by atoms with van der Waals surface area (Å²) in [6.07, 6.45) is 2.18. The Morgan fingerprint density at radius 3 is 2.29 bits per heavy atom. The molecule has 2 nitrogen and oxygen atoms in total. The van der Waals surface area contributed by atoms with Crippen molar-refractivity contribution in [3.05, 3.63) is 53.6 Å². The van der Waals surface area contributed by atoms with E-state index in [1.54, 1.807) is 0 Å². The van der Waals surface area contributed by atoms with Crippen LogP contribution in [0.1, 0.15) is 44.2 Å². The number of hydrogen-bond donors (Lipinski definition) is 2. The van der Waals surface area contributed by atoms with Crippen molar-refractivity contribution in [3.63, 3.8) is 0 Å². The van der Waals surface area contributed by atoms with Gasteiger partial charge in [-0.25, -0.2) is 0 Å². The van der Waals surface area contributed by atoms with Gasteiger partial charge in [0.25, 0.3) is 0 Å². The molecule has 0 saturated carbocycles. The highest BCUT2D eigenvalue weighted by atomic mass is 14.9. The predicted molar refractivity (Wildman–Crippen MR) is 93.8 cm³/mol. The Morgan fingerprint density at radius 2 is 1.67 bits per heavy atom. The molecule has 2 rings (SSSR count). The molecule has 21 heavy (non-hydrogen) atoms. The lowest BCUT2D eigenvalue weighted by molar-refractivity contribution is 0.734. The zero-order chi connectivity index (χ0) is 15.2. The van der Waals surface area contributed by atoms with Gasteiger partial charge in [-0.05, 0) is 42.0 Å². The van der Waals surface area contributed by atoms with Gasteiger partial charge in [0.1, 0.15) is 0 Å². The van der Waals surface area contributed by atoms with Crippen LogP contribution in [0.5, 0.6) is 0 Å². The van der Waals surface area contributed by atoms with E-state index in [1.165, 1.54) is 16.8 Å². The molecule has 1 atom stereocenters. The van der Waals surface area contributed by atoms with Crippen molar-refractivity contribution in [2.75, 3.05) is 17.7 Å². The van der Waals surface area contributed by atoms with Crippen molar-refractivity contribution < 1.29 is 0 Å². The number of nitrogens with one attached hydrogen (secondary N) is 2. The van der Waals surface area contributed by atoms with Gasteiger partial charge < -0.3 is 10.6 Å². The summed E-state index contributed by atoms with van der Waals surface area (Å²) in [5.74, 6) is 0.556. The molecule has 1 unspecified atom stereocenters. The SMILES string of the molecule is CCc1cccc(C(C)CC)c1Nc1ccccc1NC. The first-order chi connectivity index (χ1) is 10.2. The molecule has 2 aromatic rings. The lowest BCUT2D eigenvalue weighted by atomic mass is 9.93. The second-order valence-electron chi connectivity index (χ2n) is 5.46. The Labute approximate surface area is 128 Å². The normalized spacial score (nSPS) is 12.0. The highest BCUT2D eigenvalue weighted by molar-refractivity contribution is 5.77. The molecule has 0 radical (unpaired) electrons. The number of benzene rings is 2. The van der Waals surface area contributed by atoms with Gasteiger partial charge in [-0.3, -0.25) is 0 Å². The van der Waals surface area contributed by atoms with E-state index in [9.17, 15) is 0 Å². The summed E-state index contributed by atoms with van der Waals surface area (Å²) < 4.78 is 0. The molecule has 2 aromatic carbocycles. The first-order valence-corrected chi connectivity index (χ1v) is 7.86. The molecule has 0 bridgehead atoms. The minimum atomic E-state index is 0.556. The largest absolute Gasteiger partial charge is 0.386 e. The van der Waals surface area contributed by atoms with Crippen molar-refractivity contribution in [1.29, 1.82) is 0 Å². The van der Waals surface area contributed by atoms with E-state index in [-0.39, 0.29) is 0 Å². The average molecular weight is 282 g/mol. The van der Waals surface area contributed by atoms with Crippen LogP contribution in [0.4, 0.5) is 17.1 Å². The van der Waals surface area contributed by atoms with Gasteiger partial charge in [-0.1, -0.05) is 51.1 Å². The fraction of sp³-hybridized carbons (Fsp3) is 0.368. The van der Waals surface area contributed by atoms with Crippen LogP contribution in [0.25, 0.3) is 0 Å². The number of hydrogen-bond acceptors (Lipinski definition) is 2. The van der Waals surface area contributed by atoms with E-state index in [1.807, 2.05) is 7.05 Å². The van der Waals surface area contributed by atoms with Crippen LogP contribution in [0.2, 0.25) is 0 Å². The maximum absolute atomic E-state index is 3.66. The monoisotopic (exact) mass is 282 g/mol. The van der Waals surface area contributed by atoms with Gasteiger partial charge in [0.2, 0.25) is 0 Å². The Kier molecular flexibility index (Phi) is 5.26. The van der Waals surface area contributed by atoms with E-state index < -0.39 is 0 Å². The van der Waals surface area contributed by atoms with E-state index in [2.05, 4.69) is 73.9 Å². The molecule has 0 aromatic heterocycles. The number of para-hydroxylation sites is 3. The topological polar surface area (TPSA) is 24.1 Å². The van der Waals surface area contributed by atoms with Crippen LogP contribution < -0.4 is 10.6 Å². The van der Waals surface area contributed by atoms with Crippen LogP contribution in [0, 0.1) is 0 Å². The molecular weight excluding hydrogens is 256 g/mol. The molecule has 0 spiro atoms. The van der Waals surface area contributed by atoms with Gasteiger partial charge in [-0.2, -0.15) is 0 Å². The van der Waals surface area contributed by atoms with E-state index in [0.717, 1.165) is 24.2 Å². The van der Waals surface area contributed by atoms with Crippen molar-refractivity contribution >= 4 is 17.1 Å². The second-order valence-corrected chi connectivity index (χ2v) is 5.46. The van der Waals surface area contributed by atoms with Crippen LogP contribution in [-0.4, -0.2) is 7.05 Å². The van der Waals surface area contributed by atoms with Gasteiger partial charge in [0.15, 0.2) is 0 Å². The molecule has 0 saturated heterocycles. The van der Waals surface area contributed by atoms with Crippen LogP contribution in [0.15, 0.2) is 42.5 Å². The average Bonchev–Trinajstić information content (AvgIpc) is 2.54. The maximum atomic E-state index is 3.66. The molecule has 0 aliphatic heterocycles. The molecule has 2 N–H and O–H groups in total. The quantitative estimate of drug-likeness (QED) is 0.726. The summed E-state index contributed by atoms with van der Waals surface area (Å²) in [4.78, 5) is 0. The zero-order valence-electron chi connectivity index (χ0n) is 13.5. The molecule has 0 aliphatic rings. The van der Waals surface area contributed by atoms with Crippen molar-refractivity contribution in [1.82, 2.24) is 0 Å². The number of anilines is 3. The fourth-order valence-corrected chi connectivity index (χ4v) is 2.64. The van der Waals surface area contributed by atoms with Crippen LogP contribution in [0.3, 0.4) is 0 Å². The minimum absolute atomic E-state index is 0.556. The standard InChI is InChI=1S/C19H26N2/c1-5-14(3)16-11-9-10-15(6-2)19(16)21-18-13-8-7-12-17(18)20-4/h7-14,20-21H,5-6H2,1-4H3. The minimum Gasteiger partial charge on any atom is -0.386 e. The van der Waals surface area contributed by atoms with Gasteiger partial charge >= 0.3 is 0 Å². The van der Waals surface area contributed by atoms with Crippen molar-refractivity contribution in [3.8, 4) is 0 Å². The van der Waals surface area contributed by atoms with Gasteiger partial charge in [-0.15, -0.1) is 0 Å². The molecule has 0 amide bonds. The Balaban J connectivity index is 2.46. The van der Waals surface area contributed by atoms with E-state index in [4.69, 9.17) is 0 Å². The molecule has 2 heteroatoms. The first-order valence-electron chi connectivity index (χ1n) is 7.86. The first kappa shape index (κ1) is 15.4. The van der Waals surface area contributed by atoms with Gasteiger partial charge in [0, 0.05) is 12.7 Å². The molecule has 112 valence electrons. The highest BCUT2D eigenvalue weighted by Gasteiger charge is 2.13. The van der Waals surface area contributed by atoms with Gasteiger partial charge in [0.05, 0.1) is 11.4 Å². The highest BCUT2D eigenvalue weighted by Crippen LogP contribution is 2.34. The predicted octanol–water partition coefficient (Wildman–Crippen LogP) is 5.55. The fourth-order valence-electron chi connectivity index (χ4n) is 2.64. The number of aryl methyl sites for hydroxylation is 1. The summed E-state index contributed by atoms with van der Waals surface area (Å²) >= 11 is 0. The third-order valence-electron chi connectivity index (χ3n) is 4.16. The third kappa shape index (κ3) is 3.38. The molecule has 0 aliphatic carbocycles. The summed E-state index contributed by atoms with van der Waals surface area (Å²) in [5, 5.41) is 6.92. The molecule has 0 heterocycles. The van der Waals surface area contributed by atoms with E-state index >= 15 is 0 Å². The summed E-state index contributed by atoms with van der Waals surface area (Å²) in [6.45, 7) is 6.75. The number of rotatable bonds is 6. The third-order valence-corrected chi connectivity index (χ3v) is 4.16. The van der Waals surface area contributed by atoms with E-state index in [0.29, 0.717) is 5.92 Å². The zero-order valence-corrected chi connectivity index (χ0v) is 13.5. The lowest BCUT2D eigenvalue weighted by Crippen LogP contribution is -2.04. The Hall–Kier alpha value is -1.96. The summed E-state index contributed by atoms with van der Waals surface area (Å²) in [6, 6.07) is 15.0. The summed E-state index contributed by atoms with van der Waals surface area (Å²) in [5.41, 5.74) is 6.31. The Morgan fingerprint density at radius 1 is 0.952 bits per heavy atom. The summed E-state index contributed by atoms with van der Waals surface area (Å²) in [7, 11) is 1.96. The van der Waals surface area contributed by atoms with Crippen LogP contribution >= 0.6 is 0 Å². The Bertz CT molecular complexity index is 590. The molecular formula is C19H26N2. The lowest BCUT2D eigenvalue weighted by Gasteiger charge is -2.21. The maximum Gasteiger partial charge on any atom is 0.0620 e. The smallest absolute Gasteiger partial charge is 0.0620 e. The molecule has 0 fully saturated rings. The second kappa shape index (κ2) is 7.16. The van der Waals surface area contributed by atoms with Crippen molar-refractivity contribution in [2.45, 2.75) is 39.5 Å². The van der Waals surface area contributed by atoms with Crippen LogP contribution in [-0.2, 0) is 6.42 Å².